The topological polar surface area (TPSA) is 27.3 Å². The summed E-state index contributed by atoms with van der Waals surface area (Å²) in [4.78, 5) is 2.63. The van der Waals surface area contributed by atoms with Gasteiger partial charge in [-0.1, -0.05) is 6.42 Å². The molecule has 1 saturated carbocycles. The van der Waals surface area contributed by atoms with Gasteiger partial charge >= 0.3 is 0 Å². The maximum absolute atomic E-state index is 4.04. The standard InChI is InChI=1S/C17H33N3/c1-13(2)20-11-8-14(9-12-20)19-17-6-3-5-15(17)16-7-4-10-18-16/h13-19H,3-12H2,1-2H3. The van der Waals surface area contributed by atoms with Gasteiger partial charge in [-0.15, -0.1) is 0 Å². The third-order valence-corrected chi connectivity index (χ3v) is 5.89. The van der Waals surface area contributed by atoms with Gasteiger partial charge in [-0.25, -0.2) is 0 Å². The van der Waals surface area contributed by atoms with E-state index in [4.69, 9.17) is 0 Å². The Morgan fingerprint density at radius 1 is 1.00 bits per heavy atom. The zero-order valence-electron chi connectivity index (χ0n) is 13.4. The van der Waals surface area contributed by atoms with Crippen molar-refractivity contribution >= 4 is 0 Å². The molecule has 2 heterocycles. The van der Waals surface area contributed by atoms with Gasteiger partial charge in [0.2, 0.25) is 0 Å². The van der Waals surface area contributed by atoms with Crippen LogP contribution in [0.2, 0.25) is 0 Å². The molecule has 0 aromatic carbocycles. The molecule has 116 valence electrons. The number of rotatable bonds is 4. The minimum Gasteiger partial charge on any atom is -0.314 e. The number of likely N-dealkylation sites (tertiary alicyclic amines) is 1. The summed E-state index contributed by atoms with van der Waals surface area (Å²) in [6.45, 7) is 8.47. The molecule has 0 radical (unpaired) electrons. The maximum Gasteiger partial charge on any atom is 0.0113 e. The molecular formula is C17H33N3. The zero-order valence-corrected chi connectivity index (χ0v) is 13.4. The second kappa shape index (κ2) is 6.76. The minimum absolute atomic E-state index is 0.720. The van der Waals surface area contributed by atoms with Crippen molar-refractivity contribution in [3.63, 3.8) is 0 Å². The highest BCUT2D eigenvalue weighted by atomic mass is 15.2. The second-order valence-corrected chi connectivity index (χ2v) is 7.47. The Morgan fingerprint density at radius 3 is 2.45 bits per heavy atom. The normalized spacial score (nSPS) is 37.0. The quantitative estimate of drug-likeness (QED) is 0.827. The smallest absolute Gasteiger partial charge is 0.0113 e. The van der Waals surface area contributed by atoms with Gasteiger partial charge < -0.3 is 15.5 Å². The van der Waals surface area contributed by atoms with E-state index in [9.17, 15) is 0 Å². The van der Waals surface area contributed by atoms with Crippen molar-refractivity contribution in [2.45, 2.75) is 83.0 Å². The maximum atomic E-state index is 4.04. The lowest BCUT2D eigenvalue weighted by Crippen LogP contribution is -2.50. The number of piperidine rings is 1. The lowest BCUT2D eigenvalue weighted by molar-refractivity contribution is 0.150. The van der Waals surface area contributed by atoms with Crippen LogP contribution in [0.5, 0.6) is 0 Å². The van der Waals surface area contributed by atoms with Crippen LogP contribution in [0.15, 0.2) is 0 Å². The van der Waals surface area contributed by atoms with Gasteiger partial charge in [0.15, 0.2) is 0 Å². The molecule has 0 amide bonds. The van der Waals surface area contributed by atoms with E-state index in [1.807, 2.05) is 0 Å². The summed E-state index contributed by atoms with van der Waals surface area (Å²) < 4.78 is 0. The fraction of sp³-hybridized carbons (Fsp3) is 1.00. The highest BCUT2D eigenvalue weighted by Crippen LogP contribution is 2.32. The first-order valence-corrected chi connectivity index (χ1v) is 8.97. The van der Waals surface area contributed by atoms with E-state index < -0.39 is 0 Å². The Bertz CT molecular complexity index is 291. The summed E-state index contributed by atoms with van der Waals surface area (Å²) in [5, 5.41) is 7.78. The molecule has 2 aliphatic heterocycles. The first-order chi connectivity index (χ1) is 9.74. The van der Waals surface area contributed by atoms with Crippen LogP contribution in [0.1, 0.15) is 58.8 Å². The summed E-state index contributed by atoms with van der Waals surface area (Å²) >= 11 is 0. The van der Waals surface area contributed by atoms with Crippen molar-refractivity contribution < 1.29 is 0 Å². The lowest BCUT2D eigenvalue weighted by atomic mass is 9.91. The molecule has 3 atom stereocenters. The Morgan fingerprint density at radius 2 is 1.80 bits per heavy atom. The third kappa shape index (κ3) is 3.37. The van der Waals surface area contributed by atoms with Crippen molar-refractivity contribution in [3.8, 4) is 0 Å². The summed E-state index contributed by atoms with van der Waals surface area (Å²) in [5.41, 5.74) is 0. The van der Waals surface area contributed by atoms with Crippen molar-refractivity contribution in [2.24, 2.45) is 5.92 Å². The molecule has 0 aromatic heterocycles. The fourth-order valence-corrected chi connectivity index (χ4v) is 4.64. The molecule has 3 aliphatic rings. The molecule has 3 unspecified atom stereocenters. The summed E-state index contributed by atoms with van der Waals surface area (Å²) in [6, 6.07) is 3.10. The molecule has 2 saturated heterocycles. The molecule has 0 bridgehead atoms. The van der Waals surface area contributed by atoms with Crippen LogP contribution in [-0.2, 0) is 0 Å². The van der Waals surface area contributed by atoms with Gasteiger partial charge in [-0.05, 0) is 77.9 Å². The number of nitrogens with one attached hydrogen (secondary N) is 2. The van der Waals surface area contributed by atoms with Crippen LogP contribution in [-0.4, -0.2) is 48.7 Å². The van der Waals surface area contributed by atoms with Gasteiger partial charge in [0.1, 0.15) is 0 Å². The monoisotopic (exact) mass is 279 g/mol. The summed E-state index contributed by atoms with van der Waals surface area (Å²) in [5.74, 6) is 0.903. The van der Waals surface area contributed by atoms with Crippen molar-refractivity contribution in [3.05, 3.63) is 0 Å². The van der Waals surface area contributed by atoms with E-state index in [-0.39, 0.29) is 0 Å². The Kier molecular flexibility index (Phi) is 5.00. The number of hydrogen-bond acceptors (Lipinski definition) is 3. The SMILES string of the molecule is CC(C)N1CCC(NC2CCCC2C2CCCN2)CC1. The minimum atomic E-state index is 0.720. The van der Waals surface area contributed by atoms with Crippen molar-refractivity contribution in [1.29, 1.82) is 0 Å². The van der Waals surface area contributed by atoms with Crippen LogP contribution in [0.3, 0.4) is 0 Å². The molecular weight excluding hydrogens is 246 g/mol. The molecule has 0 spiro atoms. The van der Waals surface area contributed by atoms with Crippen molar-refractivity contribution in [1.82, 2.24) is 15.5 Å². The van der Waals surface area contributed by atoms with Gasteiger partial charge in [0.05, 0.1) is 0 Å². The third-order valence-electron chi connectivity index (χ3n) is 5.89. The van der Waals surface area contributed by atoms with Gasteiger partial charge in [0, 0.05) is 24.2 Å². The molecule has 3 heteroatoms. The predicted molar refractivity (Wildman–Crippen MR) is 85.0 cm³/mol. The van der Waals surface area contributed by atoms with Gasteiger partial charge in [-0.3, -0.25) is 0 Å². The molecule has 0 aromatic rings. The molecule has 2 N–H and O–H groups in total. The highest BCUT2D eigenvalue weighted by molar-refractivity contribution is 4.95. The largest absolute Gasteiger partial charge is 0.314 e. The Labute approximate surface area is 124 Å². The Balaban J connectivity index is 1.47. The first kappa shape index (κ1) is 14.8. The first-order valence-electron chi connectivity index (χ1n) is 8.97. The average Bonchev–Trinajstić information content (AvgIpc) is 3.09. The number of hydrogen-bond donors (Lipinski definition) is 2. The summed E-state index contributed by atoms with van der Waals surface area (Å²) in [6.07, 6.45) is 9.78. The number of nitrogens with zero attached hydrogens (tertiary/aromatic N) is 1. The van der Waals surface area contributed by atoms with E-state index in [1.165, 1.54) is 64.6 Å². The lowest BCUT2D eigenvalue weighted by Gasteiger charge is -2.37. The predicted octanol–water partition coefficient (Wildman–Crippen LogP) is 2.37. The second-order valence-electron chi connectivity index (χ2n) is 7.47. The summed E-state index contributed by atoms with van der Waals surface area (Å²) in [7, 11) is 0. The Hall–Kier alpha value is -0.120. The van der Waals surface area contributed by atoms with Crippen LogP contribution in [0.25, 0.3) is 0 Å². The molecule has 3 nitrogen and oxygen atoms in total. The van der Waals surface area contributed by atoms with Crippen LogP contribution < -0.4 is 10.6 Å². The van der Waals surface area contributed by atoms with Gasteiger partial charge in [-0.2, -0.15) is 0 Å². The van der Waals surface area contributed by atoms with Gasteiger partial charge in [0.25, 0.3) is 0 Å². The van der Waals surface area contributed by atoms with E-state index in [0.717, 1.165) is 30.1 Å². The van der Waals surface area contributed by atoms with E-state index >= 15 is 0 Å². The van der Waals surface area contributed by atoms with E-state index in [2.05, 4.69) is 29.4 Å². The van der Waals surface area contributed by atoms with Crippen LogP contribution in [0.4, 0.5) is 0 Å². The molecule has 20 heavy (non-hydrogen) atoms. The highest BCUT2D eigenvalue weighted by Gasteiger charge is 2.36. The van der Waals surface area contributed by atoms with Crippen molar-refractivity contribution in [2.75, 3.05) is 19.6 Å². The molecule has 3 rings (SSSR count). The van der Waals surface area contributed by atoms with Crippen LogP contribution in [0, 0.1) is 5.92 Å². The van der Waals surface area contributed by atoms with E-state index in [0.29, 0.717) is 0 Å². The molecule has 1 aliphatic carbocycles. The molecule has 3 fully saturated rings. The van der Waals surface area contributed by atoms with Crippen LogP contribution >= 0.6 is 0 Å². The zero-order chi connectivity index (χ0) is 13.9. The fourth-order valence-electron chi connectivity index (χ4n) is 4.64. The average molecular weight is 279 g/mol. The van der Waals surface area contributed by atoms with E-state index in [1.54, 1.807) is 0 Å².